The maximum atomic E-state index is 11.9. The Balaban J connectivity index is 1.55. The first-order valence-electron chi connectivity index (χ1n) is 9.12. The molecular formula is C17H34N4O. The van der Waals surface area contributed by atoms with E-state index in [0.717, 1.165) is 25.6 Å². The van der Waals surface area contributed by atoms with Gasteiger partial charge in [0.2, 0.25) is 0 Å². The third-order valence-electron chi connectivity index (χ3n) is 4.81. The van der Waals surface area contributed by atoms with Gasteiger partial charge in [-0.2, -0.15) is 0 Å². The Morgan fingerprint density at radius 2 is 1.86 bits per heavy atom. The van der Waals surface area contributed by atoms with Crippen LogP contribution >= 0.6 is 0 Å². The lowest BCUT2D eigenvalue weighted by Gasteiger charge is -2.32. The number of nitrogens with zero attached hydrogens (tertiary/aromatic N) is 2. The molecule has 2 unspecified atom stereocenters. The molecular weight excluding hydrogens is 276 g/mol. The van der Waals surface area contributed by atoms with E-state index in [-0.39, 0.29) is 12.1 Å². The van der Waals surface area contributed by atoms with Gasteiger partial charge in [0.15, 0.2) is 0 Å². The van der Waals surface area contributed by atoms with Crippen LogP contribution in [0, 0.1) is 5.92 Å². The van der Waals surface area contributed by atoms with Gasteiger partial charge in [-0.25, -0.2) is 4.79 Å². The van der Waals surface area contributed by atoms with E-state index in [1.807, 2.05) is 0 Å². The fourth-order valence-electron chi connectivity index (χ4n) is 3.67. The number of carbonyl (C=O) groups is 1. The zero-order valence-corrected chi connectivity index (χ0v) is 14.4. The van der Waals surface area contributed by atoms with E-state index in [4.69, 9.17) is 0 Å². The van der Waals surface area contributed by atoms with Gasteiger partial charge < -0.3 is 20.4 Å². The summed E-state index contributed by atoms with van der Waals surface area (Å²) in [5, 5.41) is 6.07. The molecule has 2 fully saturated rings. The SMILES string of the molecule is CC1CCCN(CC(C)NC(=O)NCCN2CCCCC2)C1. The topological polar surface area (TPSA) is 47.6 Å². The molecule has 5 heteroatoms. The second-order valence-corrected chi connectivity index (χ2v) is 7.21. The van der Waals surface area contributed by atoms with Gasteiger partial charge in [-0.3, -0.25) is 0 Å². The molecule has 2 aliphatic rings. The molecule has 0 spiro atoms. The van der Waals surface area contributed by atoms with Gasteiger partial charge in [0.1, 0.15) is 0 Å². The molecule has 2 aliphatic heterocycles. The van der Waals surface area contributed by atoms with Crippen LogP contribution in [0.3, 0.4) is 0 Å². The van der Waals surface area contributed by atoms with E-state index in [9.17, 15) is 4.79 Å². The molecule has 5 nitrogen and oxygen atoms in total. The molecule has 0 aliphatic carbocycles. The molecule has 128 valence electrons. The maximum absolute atomic E-state index is 11.9. The van der Waals surface area contributed by atoms with Crippen molar-refractivity contribution in [2.45, 2.75) is 52.0 Å². The standard InChI is InChI=1S/C17H34N4O/c1-15-7-6-11-21(13-15)14-16(2)19-17(22)18-8-12-20-9-4-3-5-10-20/h15-16H,3-14H2,1-2H3,(H2,18,19,22). The molecule has 22 heavy (non-hydrogen) atoms. The highest BCUT2D eigenvalue weighted by atomic mass is 16.2. The summed E-state index contributed by atoms with van der Waals surface area (Å²) in [6, 6.07) is 0.190. The molecule has 0 aromatic heterocycles. The molecule has 2 heterocycles. The molecule has 0 aromatic rings. The van der Waals surface area contributed by atoms with Crippen LogP contribution in [0.5, 0.6) is 0 Å². The highest BCUT2D eigenvalue weighted by molar-refractivity contribution is 5.74. The number of likely N-dealkylation sites (tertiary alicyclic amines) is 2. The van der Waals surface area contributed by atoms with Crippen molar-refractivity contribution >= 4 is 6.03 Å². The number of rotatable bonds is 6. The minimum absolute atomic E-state index is 0.0189. The summed E-state index contributed by atoms with van der Waals surface area (Å²) in [6.45, 7) is 11.8. The smallest absolute Gasteiger partial charge is 0.315 e. The third kappa shape index (κ3) is 6.53. The number of hydrogen-bond acceptors (Lipinski definition) is 3. The van der Waals surface area contributed by atoms with Crippen molar-refractivity contribution in [2.24, 2.45) is 5.92 Å². The predicted molar refractivity (Wildman–Crippen MR) is 91.1 cm³/mol. The number of hydrogen-bond donors (Lipinski definition) is 2. The molecule has 2 atom stereocenters. The lowest BCUT2D eigenvalue weighted by molar-refractivity contribution is 0.169. The first-order valence-corrected chi connectivity index (χ1v) is 9.12. The van der Waals surface area contributed by atoms with E-state index in [1.165, 1.54) is 58.3 Å². The van der Waals surface area contributed by atoms with Crippen LogP contribution in [-0.4, -0.2) is 67.7 Å². The quantitative estimate of drug-likeness (QED) is 0.788. The Bertz CT molecular complexity index is 331. The average molecular weight is 310 g/mol. The largest absolute Gasteiger partial charge is 0.337 e. The Morgan fingerprint density at radius 1 is 1.14 bits per heavy atom. The number of carbonyl (C=O) groups excluding carboxylic acids is 1. The van der Waals surface area contributed by atoms with Crippen LogP contribution in [0.1, 0.15) is 46.0 Å². The molecule has 2 amide bonds. The Hall–Kier alpha value is -0.810. The van der Waals surface area contributed by atoms with Gasteiger partial charge in [-0.05, 0) is 58.2 Å². The average Bonchev–Trinajstić information content (AvgIpc) is 2.48. The van der Waals surface area contributed by atoms with E-state index < -0.39 is 0 Å². The summed E-state index contributed by atoms with van der Waals surface area (Å²) in [7, 11) is 0. The molecule has 0 aromatic carbocycles. The van der Waals surface area contributed by atoms with Crippen LogP contribution in [0.4, 0.5) is 4.79 Å². The number of piperidine rings is 2. The van der Waals surface area contributed by atoms with Crippen LogP contribution in [0.15, 0.2) is 0 Å². The zero-order valence-electron chi connectivity index (χ0n) is 14.4. The summed E-state index contributed by atoms with van der Waals surface area (Å²) in [5.41, 5.74) is 0. The second kappa shape index (κ2) is 9.36. The number of amides is 2. The summed E-state index contributed by atoms with van der Waals surface area (Å²) in [6.07, 6.45) is 6.59. The highest BCUT2D eigenvalue weighted by Gasteiger charge is 2.18. The molecule has 0 radical (unpaired) electrons. The Labute approximate surface area is 135 Å². The summed E-state index contributed by atoms with van der Waals surface area (Å²) in [5.74, 6) is 0.791. The minimum atomic E-state index is -0.0189. The lowest BCUT2D eigenvalue weighted by Crippen LogP contribution is -2.49. The minimum Gasteiger partial charge on any atom is -0.337 e. The fourth-order valence-corrected chi connectivity index (χ4v) is 3.67. The predicted octanol–water partition coefficient (Wildman–Crippen LogP) is 1.89. The van der Waals surface area contributed by atoms with Crippen LogP contribution < -0.4 is 10.6 Å². The zero-order chi connectivity index (χ0) is 15.8. The van der Waals surface area contributed by atoms with Crippen molar-refractivity contribution in [1.29, 1.82) is 0 Å². The number of urea groups is 1. The van der Waals surface area contributed by atoms with Gasteiger partial charge in [-0.15, -0.1) is 0 Å². The Kier molecular flexibility index (Phi) is 7.46. The van der Waals surface area contributed by atoms with Crippen LogP contribution in [0.2, 0.25) is 0 Å². The third-order valence-corrected chi connectivity index (χ3v) is 4.81. The van der Waals surface area contributed by atoms with E-state index >= 15 is 0 Å². The van der Waals surface area contributed by atoms with Gasteiger partial charge in [0.25, 0.3) is 0 Å². The normalized spacial score (nSPS) is 25.6. The molecule has 0 saturated carbocycles. The summed E-state index contributed by atoms with van der Waals surface area (Å²) < 4.78 is 0. The van der Waals surface area contributed by atoms with Gasteiger partial charge in [-0.1, -0.05) is 13.3 Å². The van der Waals surface area contributed by atoms with Gasteiger partial charge in [0.05, 0.1) is 0 Å². The van der Waals surface area contributed by atoms with Crippen molar-refractivity contribution < 1.29 is 4.79 Å². The fraction of sp³-hybridized carbons (Fsp3) is 0.941. The van der Waals surface area contributed by atoms with Crippen molar-refractivity contribution in [3.63, 3.8) is 0 Å². The maximum Gasteiger partial charge on any atom is 0.315 e. The lowest BCUT2D eigenvalue weighted by atomic mass is 10.00. The van der Waals surface area contributed by atoms with E-state index in [1.54, 1.807) is 0 Å². The van der Waals surface area contributed by atoms with Crippen molar-refractivity contribution in [3.8, 4) is 0 Å². The monoisotopic (exact) mass is 310 g/mol. The van der Waals surface area contributed by atoms with E-state index in [0.29, 0.717) is 0 Å². The second-order valence-electron chi connectivity index (χ2n) is 7.21. The summed E-state index contributed by atoms with van der Waals surface area (Å²) >= 11 is 0. The Morgan fingerprint density at radius 3 is 2.59 bits per heavy atom. The summed E-state index contributed by atoms with van der Waals surface area (Å²) in [4.78, 5) is 16.9. The van der Waals surface area contributed by atoms with Crippen LogP contribution in [0.25, 0.3) is 0 Å². The van der Waals surface area contributed by atoms with E-state index in [2.05, 4.69) is 34.3 Å². The van der Waals surface area contributed by atoms with Gasteiger partial charge in [0, 0.05) is 32.2 Å². The van der Waals surface area contributed by atoms with Crippen molar-refractivity contribution in [3.05, 3.63) is 0 Å². The molecule has 2 rings (SSSR count). The molecule has 2 N–H and O–H groups in total. The van der Waals surface area contributed by atoms with Crippen LogP contribution in [-0.2, 0) is 0 Å². The first-order chi connectivity index (χ1) is 10.6. The number of nitrogens with one attached hydrogen (secondary N) is 2. The van der Waals surface area contributed by atoms with Gasteiger partial charge >= 0.3 is 6.03 Å². The first kappa shape index (κ1) is 17.5. The molecule has 0 bridgehead atoms. The highest BCUT2D eigenvalue weighted by Crippen LogP contribution is 2.15. The van der Waals surface area contributed by atoms with Crippen molar-refractivity contribution in [1.82, 2.24) is 20.4 Å². The molecule has 2 saturated heterocycles. The van der Waals surface area contributed by atoms with Crippen molar-refractivity contribution in [2.75, 3.05) is 45.8 Å².